The van der Waals surface area contributed by atoms with Gasteiger partial charge in [-0.3, -0.25) is 0 Å². The minimum absolute atomic E-state index is 0.0936. The summed E-state index contributed by atoms with van der Waals surface area (Å²) in [6.07, 6.45) is 1.85. The molecular weight excluding hydrogens is 323 g/mol. The largest absolute Gasteiger partial charge is 0.390 e. The molecular formula is C19H19FN2OS. The van der Waals surface area contributed by atoms with E-state index in [-0.39, 0.29) is 17.7 Å². The van der Waals surface area contributed by atoms with Gasteiger partial charge in [-0.25, -0.2) is 9.37 Å². The second kappa shape index (κ2) is 7.64. The van der Waals surface area contributed by atoms with E-state index < -0.39 is 0 Å². The first kappa shape index (κ1) is 16.7. The highest BCUT2D eigenvalue weighted by molar-refractivity contribution is 7.99. The Hall–Kier alpha value is -2.11. The fraction of sp³-hybridized carbons (Fsp3) is 0.211. The number of benzene rings is 2. The van der Waals surface area contributed by atoms with E-state index in [1.165, 1.54) is 17.7 Å². The minimum atomic E-state index is -0.243. The highest BCUT2D eigenvalue weighted by Crippen LogP contribution is 2.34. The topological polar surface area (TPSA) is 38.1 Å². The predicted molar refractivity (Wildman–Crippen MR) is 94.4 cm³/mol. The summed E-state index contributed by atoms with van der Waals surface area (Å²) in [6, 6.07) is 16.7. The van der Waals surface area contributed by atoms with Crippen LogP contribution in [0.2, 0.25) is 0 Å². The average Bonchev–Trinajstić information content (AvgIpc) is 2.99. The van der Waals surface area contributed by atoms with Crippen LogP contribution in [0.4, 0.5) is 4.39 Å². The van der Waals surface area contributed by atoms with Gasteiger partial charge in [-0.1, -0.05) is 54.2 Å². The third kappa shape index (κ3) is 4.04. The molecule has 3 rings (SSSR count). The summed E-state index contributed by atoms with van der Waals surface area (Å²) < 4.78 is 15.1. The van der Waals surface area contributed by atoms with Crippen molar-refractivity contribution in [1.29, 1.82) is 0 Å². The molecule has 0 fully saturated rings. The van der Waals surface area contributed by atoms with E-state index in [1.807, 2.05) is 29.0 Å². The van der Waals surface area contributed by atoms with Gasteiger partial charge in [-0.2, -0.15) is 0 Å². The SMILES string of the molecule is C[C@H](Sc1nc(CO)cn1Cc1ccc(F)cc1)c1ccccc1. The molecule has 2 aromatic carbocycles. The van der Waals surface area contributed by atoms with Crippen LogP contribution in [0.25, 0.3) is 0 Å². The molecule has 0 amide bonds. The maximum Gasteiger partial charge on any atom is 0.169 e. The van der Waals surface area contributed by atoms with E-state index in [1.54, 1.807) is 23.9 Å². The normalized spacial score (nSPS) is 12.3. The minimum Gasteiger partial charge on any atom is -0.390 e. The quantitative estimate of drug-likeness (QED) is 0.674. The van der Waals surface area contributed by atoms with Gasteiger partial charge in [-0.05, 0) is 30.2 Å². The summed E-state index contributed by atoms with van der Waals surface area (Å²) in [6.45, 7) is 2.64. The molecule has 3 nitrogen and oxygen atoms in total. The molecule has 1 atom stereocenters. The van der Waals surface area contributed by atoms with Gasteiger partial charge in [0.05, 0.1) is 12.3 Å². The average molecular weight is 342 g/mol. The molecule has 0 aliphatic rings. The van der Waals surface area contributed by atoms with Crippen molar-refractivity contribution >= 4 is 11.8 Å². The van der Waals surface area contributed by atoms with E-state index in [9.17, 15) is 9.50 Å². The fourth-order valence-electron chi connectivity index (χ4n) is 2.47. The van der Waals surface area contributed by atoms with Gasteiger partial charge in [-0.15, -0.1) is 0 Å². The summed E-state index contributed by atoms with van der Waals surface area (Å²) in [5.74, 6) is -0.243. The molecule has 24 heavy (non-hydrogen) atoms. The molecule has 5 heteroatoms. The molecule has 0 bridgehead atoms. The summed E-state index contributed by atoms with van der Waals surface area (Å²) in [4.78, 5) is 4.51. The first-order valence-corrected chi connectivity index (χ1v) is 8.66. The van der Waals surface area contributed by atoms with Crippen LogP contribution in [-0.2, 0) is 13.2 Å². The number of halogens is 1. The molecule has 0 aliphatic carbocycles. The molecule has 1 aromatic heterocycles. The first-order valence-electron chi connectivity index (χ1n) is 7.78. The number of aliphatic hydroxyl groups is 1. The van der Waals surface area contributed by atoms with Crippen LogP contribution in [0, 0.1) is 5.82 Å². The van der Waals surface area contributed by atoms with Crippen molar-refractivity contribution in [2.24, 2.45) is 0 Å². The van der Waals surface area contributed by atoms with E-state index in [0.29, 0.717) is 12.2 Å². The van der Waals surface area contributed by atoms with Crippen LogP contribution < -0.4 is 0 Å². The van der Waals surface area contributed by atoms with Crippen LogP contribution in [0.5, 0.6) is 0 Å². The molecule has 0 aliphatic heterocycles. The molecule has 3 aromatic rings. The molecule has 124 valence electrons. The highest BCUT2D eigenvalue weighted by atomic mass is 32.2. The number of rotatable bonds is 6. The van der Waals surface area contributed by atoms with Gasteiger partial charge >= 0.3 is 0 Å². The monoisotopic (exact) mass is 342 g/mol. The maximum absolute atomic E-state index is 13.1. The number of hydrogen-bond donors (Lipinski definition) is 1. The van der Waals surface area contributed by atoms with E-state index in [2.05, 4.69) is 24.0 Å². The third-order valence-corrected chi connectivity index (χ3v) is 4.93. The van der Waals surface area contributed by atoms with E-state index in [4.69, 9.17) is 0 Å². The van der Waals surface area contributed by atoms with Crippen molar-refractivity contribution in [3.8, 4) is 0 Å². The van der Waals surface area contributed by atoms with Crippen molar-refractivity contribution in [1.82, 2.24) is 9.55 Å². The van der Waals surface area contributed by atoms with Gasteiger partial charge in [0.1, 0.15) is 5.82 Å². The van der Waals surface area contributed by atoms with Crippen molar-refractivity contribution in [3.63, 3.8) is 0 Å². The second-order valence-electron chi connectivity index (χ2n) is 5.60. The number of aromatic nitrogens is 2. The van der Waals surface area contributed by atoms with Crippen LogP contribution in [-0.4, -0.2) is 14.7 Å². The number of aliphatic hydroxyl groups excluding tert-OH is 1. The number of imidazole rings is 1. The summed E-state index contributed by atoms with van der Waals surface area (Å²) in [7, 11) is 0. The number of nitrogens with zero attached hydrogens (tertiary/aromatic N) is 2. The predicted octanol–water partition coefficient (Wildman–Crippen LogP) is 4.42. The molecule has 0 saturated heterocycles. The summed E-state index contributed by atoms with van der Waals surface area (Å²) >= 11 is 1.65. The maximum atomic E-state index is 13.1. The van der Waals surface area contributed by atoms with Crippen LogP contribution in [0.3, 0.4) is 0 Å². The number of hydrogen-bond acceptors (Lipinski definition) is 3. The standard InChI is InChI=1S/C19H19FN2OS/c1-14(16-5-3-2-4-6-16)24-19-21-18(13-23)12-22(19)11-15-7-9-17(20)10-8-15/h2-10,12,14,23H,11,13H2,1H3/t14-/m0/s1. The van der Waals surface area contributed by atoms with Crippen LogP contribution in [0.15, 0.2) is 66.0 Å². The zero-order valence-corrected chi connectivity index (χ0v) is 14.2. The zero-order chi connectivity index (χ0) is 16.9. The van der Waals surface area contributed by atoms with Crippen molar-refractivity contribution < 1.29 is 9.50 Å². The lowest BCUT2D eigenvalue weighted by Crippen LogP contribution is -2.01. The Bertz CT molecular complexity index is 787. The Morgan fingerprint density at radius 3 is 2.50 bits per heavy atom. The smallest absolute Gasteiger partial charge is 0.169 e. The van der Waals surface area contributed by atoms with Crippen molar-refractivity contribution in [3.05, 3.63) is 83.4 Å². The Balaban J connectivity index is 1.82. The highest BCUT2D eigenvalue weighted by Gasteiger charge is 2.14. The third-order valence-electron chi connectivity index (χ3n) is 3.77. The molecule has 1 N–H and O–H groups in total. The van der Waals surface area contributed by atoms with Crippen molar-refractivity contribution in [2.45, 2.75) is 30.5 Å². The van der Waals surface area contributed by atoms with E-state index in [0.717, 1.165) is 10.7 Å². The summed E-state index contributed by atoms with van der Waals surface area (Å²) in [5.41, 5.74) is 2.86. The van der Waals surface area contributed by atoms with Gasteiger partial charge in [0.15, 0.2) is 5.16 Å². The lowest BCUT2D eigenvalue weighted by Gasteiger charge is -2.13. The Kier molecular flexibility index (Phi) is 5.33. The molecule has 1 heterocycles. The Labute approximate surface area is 145 Å². The number of thioether (sulfide) groups is 1. The Morgan fingerprint density at radius 1 is 1.12 bits per heavy atom. The zero-order valence-electron chi connectivity index (χ0n) is 13.4. The second-order valence-corrected chi connectivity index (χ2v) is 6.91. The lowest BCUT2D eigenvalue weighted by atomic mass is 10.2. The van der Waals surface area contributed by atoms with Crippen LogP contribution in [0.1, 0.15) is 29.0 Å². The molecule has 0 spiro atoms. The van der Waals surface area contributed by atoms with Gasteiger partial charge in [0, 0.05) is 18.0 Å². The lowest BCUT2D eigenvalue weighted by molar-refractivity contribution is 0.277. The first-order chi connectivity index (χ1) is 11.7. The fourth-order valence-corrected chi connectivity index (χ4v) is 3.50. The summed E-state index contributed by atoms with van der Waals surface area (Å²) in [5, 5.41) is 10.5. The van der Waals surface area contributed by atoms with E-state index >= 15 is 0 Å². The van der Waals surface area contributed by atoms with Crippen molar-refractivity contribution in [2.75, 3.05) is 0 Å². The van der Waals surface area contributed by atoms with Crippen LogP contribution >= 0.6 is 11.8 Å². The molecule has 0 unspecified atom stereocenters. The van der Waals surface area contributed by atoms with Gasteiger partial charge in [0.25, 0.3) is 0 Å². The molecule has 0 radical (unpaired) electrons. The van der Waals surface area contributed by atoms with Gasteiger partial charge in [0.2, 0.25) is 0 Å². The van der Waals surface area contributed by atoms with Gasteiger partial charge < -0.3 is 9.67 Å². The Morgan fingerprint density at radius 2 is 1.83 bits per heavy atom. The molecule has 0 saturated carbocycles.